The van der Waals surface area contributed by atoms with E-state index in [2.05, 4.69) is 4.74 Å². The molecule has 0 saturated carbocycles. The highest BCUT2D eigenvalue weighted by atomic mass is 16.5. The maximum absolute atomic E-state index is 11.8. The van der Waals surface area contributed by atoms with E-state index in [1.165, 1.54) is 27.4 Å². The summed E-state index contributed by atoms with van der Waals surface area (Å²) in [6, 6.07) is 11.4. The van der Waals surface area contributed by atoms with Crippen molar-refractivity contribution in [3.63, 3.8) is 0 Å². The summed E-state index contributed by atoms with van der Waals surface area (Å²) in [5.41, 5.74) is 1.44. The summed E-state index contributed by atoms with van der Waals surface area (Å²) in [5, 5.41) is 9.61. The highest BCUT2D eigenvalue weighted by Gasteiger charge is 2.17. The van der Waals surface area contributed by atoms with Gasteiger partial charge in [0.2, 0.25) is 0 Å². The minimum Gasteiger partial charge on any atom is -0.497 e. The van der Waals surface area contributed by atoms with Crippen molar-refractivity contribution in [2.75, 3.05) is 21.3 Å². The van der Waals surface area contributed by atoms with Gasteiger partial charge in [0.15, 0.2) is 0 Å². The van der Waals surface area contributed by atoms with Crippen LogP contribution >= 0.6 is 0 Å². The van der Waals surface area contributed by atoms with Crippen LogP contribution in [-0.2, 0) is 9.53 Å². The third-order valence-corrected chi connectivity index (χ3v) is 3.57. The van der Waals surface area contributed by atoms with Gasteiger partial charge in [-0.3, -0.25) is 0 Å². The Balaban J connectivity index is 2.49. The van der Waals surface area contributed by atoms with E-state index in [0.717, 1.165) is 0 Å². The Kier molecular flexibility index (Phi) is 5.79. The van der Waals surface area contributed by atoms with Crippen molar-refractivity contribution >= 4 is 23.6 Å². The largest absolute Gasteiger partial charge is 0.497 e. The minimum atomic E-state index is -1.11. The van der Waals surface area contributed by atoms with E-state index in [0.29, 0.717) is 28.2 Å². The molecule has 2 aromatic carbocycles. The average molecular weight is 342 g/mol. The molecule has 0 aliphatic carbocycles. The summed E-state index contributed by atoms with van der Waals surface area (Å²) in [7, 11) is 4.27. The second-order valence-corrected chi connectivity index (χ2v) is 5.04. The summed E-state index contributed by atoms with van der Waals surface area (Å²) >= 11 is 0. The van der Waals surface area contributed by atoms with Crippen LogP contribution in [0.2, 0.25) is 0 Å². The molecule has 0 bridgehead atoms. The van der Waals surface area contributed by atoms with Crippen LogP contribution in [0.4, 0.5) is 0 Å². The molecule has 0 aliphatic rings. The maximum atomic E-state index is 11.8. The summed E-state index contributed by atoms with van der Waals surface area (Å²) in [4.78, 5) is 23.2. The van der Waals surface area contributed by atoms with E-state index in [9.17, 15) is 14.7 Å². The van der Waals surface area contributed by atoms with Gasteiger partial charge in [-0.2, -0.15) is 0 Å². The quantitative estimate of drug-likeness (QED) is 0.493. The molecule has 130 valence electrons. The number of carboxylic acid groups (broad SMARTS) is 1. The van der Waals surface area contributed by atoms with Crippen molar-refractivity contribution in [2.24, 2.45) is 0 Å². The second kappa shape index (κ2) is 8.01. The van der Waals surface area contributed by atoms with Gasteiger partial charge in [0.25, 0.3) is 0 Å². The molecule has 1 N–H and O–H groups in total. The zero-order chi connectivity index (χ0) is 18.4. The maximum Gasteiger partial charge on any atom is 0.337 e. The number of methoxy groups -OCH3 is 3. The van der Waals surface area contributed by atoms with Gasteiger partial charge < -0.3 is 19.3 Å². The number of esters is 1. The molecule has 25 heavy (non-hydrogen) atoms. The van der Waals surface area contributed by atoms with Crippen LogP contribution in [0, 0.1) is 0 Å². The minimum absolute atomic E-state index is 0.0431. The molecule has 6 heteroatoms. The van der Waals surface area contributed by atoms with E-state index in [1.807, 2.05) is 0 Å². The lowest BCUT2D eigenvalue weighted by Crippen LogP contribution is -2.03. The van der Waals surface area contributed by atoms with Crippen molar-refractivity contribution < 1.29 is 28.9 Å². The number of hydrogen-bond donors (Lipinski definition) is 1. The van der Waals surface area contributed by atoms with Crippen molar-refractivity contribution in [2.45, 2.75) is 0 Å². The zero-order valence-corrected chi connectivity index (χ0v) is 14.1. The lowest BCUT2D eigenvalue weighted by Gasteiger charge is -2.11. The molecule has 2 rings (SSSR count). The fourth-order valence-electron chi connectivity index (χ4n) is 2.28. The third kappa shape index (κ3) is 4.17. The lowest BCUT2D eigenvalue weighted by molar-refractivity contribution is -0.130. The molecule has 0 aromatic heterocycles. The average Bonchev–Trinajstić information content (AvgIpc) is 2.65. The van der Waals surface area contributed by atoms with Crippen LogP contribution in [0.5, 0.6) is 11.5 Å². The van der Waals surface area contributed by atoms with Crippen LogP contribution in [0.25, 0.3) is 11.6 Å². The number of carboxylic acids is 1. The number of rotatable bonds is 6. The molecule has 0 radical (unpaired) electrons. The fraction of sp³-hybridized carbons (Fsp3) is 0.158. The number of carbonyl (C=O) groups is 2. The van der Waals surface area contributed by atoms with Gasteiger partial charge in [0.1, 0.15) is 11.5 Å². The first kappa shape index (κ1) is 18.1. The van der Waals surface area contributed by atoms with Gasteiger partial charge in [-0.15, -0.1) is 0 Å². The Morgan fingerprint density at radius 1 is 0.960 bits per heavy atom. The first-order valence-corrected chi connectivity index (χ1v) is 7.36. The van der Waals surface area contributed by atoms with Crippen LogP contribution in [-0.4, -0.2) is 38.4 Å². The van der Waals surface area contributed by atoms with Crippen molar-refractivity contribution in [3.8, 4) is 11.5 Å². The van der Waals surface area contributed by atoms with Gasteiger partial charge in [0, 0.05) is 5.56 Å². The fourth-order valence-corrected chi connectivity index (χ4v) is 2.28. The first-order valence-electron chi connectivity index (χ1n) is 7.36. The van der Waals surface area contributed by atoms with Gasteiger partial charge in [-0.25, -0.2) is 9.59 Å². The Labute approximate surface area is 145 Å². The lowest BCUT2D eigenvalue weighted by atomic mass is 10.0. The highest BCUT2D eigenvalue weighted by Crippen LogP contribution is 2.31. The standard InChI is InChI=1S/C19H18O6/c1-23-14-8-9-17(24-2)15(11-14)16(18(20)21)10-12-4-6-13(7-5-12)19(22)25-3/h4-11H,1-3H3,(H,20,21)/b16-10-. The van der Waals surface area contributed by atoms with Crippen LogP contribution in [0.3, 0.4) is 0 Å². The molecular formula is C19H18O6. The highest BCUT2D eigenvalue weighted by molar-refractivity contribution is 6.21. The molecule has 0 fully saturated rings. The normalized spacial score (nSPS) is 10.9. The molecule has 6 nitrogen and oxygen atoms in total. The number of ether oxygens (including phenoxy) is 3. The van der Waals surface area contributed by atoms with Crippen LogP contribution < -0.4 is 9.47 Å². The molecule has 0 saturated heterocycles. The molecule has 0 heterocycles. The van der Waals surface area contributed by atoms with Crippen LogP contribution in [0.1, 0.15) is 21.5 Å². The van der Waals surface area contributed by atoms with Crippen molar-refractivity contribution in [3.05, 3.63) is 59.2 Å². The number of carbonyl (C=O) groups excluding carboxylic acids is 1. The van der Waals surface area contributed by atoms with E-state index in [4.69, 9.17) is 9.47 Å². The molecule has 2 aromatic rings. The smallest absolute Gasteiger partial charge is 0.337 e. The second-order valence-electron chi connectivity index (χ2n) is 5.04. The predicted molar refractivity (Wildman–Crippen MR) is 92.8 cm³/mol. The molecule has 0 unspecified atom stereocenters. The molecular weight excluding hydrogens is 324 g/mol. The topological polar surface area (TPSA) is 82.1 Å². The van der Waals surface area contributed by atoms with Gasteiger partial charge in [-0.1, -0.05) is 12.1 Å². The van der Waals surface area contributed by atoms with Gasteiger partial charge in [0.05, 0.1) is 32.5 Å². The van der Waals surface area contributed by atoms with E-state index in [-0.39, 0.29) is 5.57 Å². The Morgan fingerprint density at radius 3 is 2.16 bits per heavy atom. The molecule has 0 aliphatic heterocycles. The zero-order valence-electron chi connectivity index (χ0n) is 14.1. The molecule has 0 amide bonds. The summed E-state index contributed by atoms with van der Waals surface area (Å²) in [6.07, 6.45) is 1.50. The third-order valence-electron chi connectivity index (χ3n) is 3.57. The Hall–Kier alpha value is -3.28. The predicted octanol–water partition coefficient (Wildman–Crippen LogP) is 3.12. The van der Waals surface area contributed by atoms with E-state index < -0.39 is 11.9 Å². The summed E-state index contributed by atoms with van der Waals surface area (Å²) in [6.45, 7) is 0. The first-order chi connectivity index (χ1) is 12.0. The summed E-state index contributed by atoms with van der Waals surface area (Å²) < 4.78 is 15.1. The number of aliphatic carboxylic acids is 1. The molecule has 0 spiro atoms. The monoisotopic (exact) mass is 342 g/mol. The summed E-state index contributed by atoms with van der Waals surface area (Å²) in [5.74, 6) is -0.628. The SMILES string of the molecule is COC(=O)c1ccc(/C=C(\C(=O)O)c2cc(OC)ccc2OC)cc1. The Morgan fingerprint density at radius 2 is 1.64 bits per heavy atom. The number of benzene rings is 2. The van der Waals surface area contributed by atoms with Gasteiger partial charge in [-0.05, 0) is 42.0 Å². The van der Waals surface area contributed by atoms with E-state index in [1.54, 1.807) is 42.5 Å². The van der Waals surface area contributed by atoms with Crippen molar-refractivity contribution in [1.29, 1.82) is 0 Å². The van der Waals surface area contributed by atoms with Gasteiger partial charge >= 0.3 is 11.9 Å². The van der Waals surface area contributed by atoms with E-state index >= 15 is 0 Å². The Bertz CT molecular complexity index is 805. The van der Waals surface area contributed by atoms with Crippen LogP contribution in [0.15, 0.2) is 42.5 Å². The molecule has 0 atom stereocenters. The number of hydrogen-bond acceptors (Lipinski definition) is 5. The van der Waals surface area contributed by atoms with Crippen molar-refractivity contribution in [1.82, 2.24) is 0 Å².